The monoisotopic (exact) mass is 544 g/mol. The molecule has 19 heteroatoms. The average Bonchev–Trinajstić information content (AvgIpc) is 2.64. The van der Waals surface area contributed by atoms with Crippen molar-refractivity contribution in [2.75, 3.05) is 0 Å². The van der Waals surface area contributed by atoms with Gasteiger partial charge in [0.05, 0.1) is 6.61 Å². The number of hydrogen-bond acceptors (Lipinski definition) is 1. The predicted molar refractivity (Wildman–Crippen MR) is 72.1 cm³/mol. The lowest BCUT2D eigenvalue weighted by atomic mass is 9.89. The van der Waals surface area contributed by atoms with Gasteiger partial charge in [0.1, 0.15) is 0 Å². The molecule has 198 valence electrons. The first-order valence-corrected chi connectivity index (χ1v) is 7.80. The summed E-state index contributed by atoms with van der Waals surface area (Å²) in [5.41, 5.74) is -7.81. The lowest BCUT2D eigenvalue weighted by Gasteiger charge is -2.36. The van der Waals surface area contributed by atoms with Gasteiger partial charge >= 0.3 is 47.9 Å². The molecule has 0 bridgehead atoms. The second-order valence-electron chi connectivity index (χ2n) is 6.52. The molecule has 1 nitrogen and oxygen atoms in total. The lowest BCUT2D eigenvalue weighted by Crippen LogP contribution is -2.60. The summed E-state index contributed by atoms with van der Waals surface area (Å²) in [6.07, 6.45) is -14.8. The van der Waals surface area contributed by atoms with Crippen LogP contribution in [0.2, 0.25) is 0 Å². The first-order valence-electron chi connectivity index (χ1n) is 7.80. The molecule has 0 spiro atoms. The molecule has 0 atom stereocenters. The molecule has 0 heterocycles. The van der Waals surface area contributed by atoms with Gasteiger partial charge < -0.3 is 5.11 Å². The van der Waals surface area contributed by atoms with Crippen molar-refractivity contribution in [3.8, 4) is 0 Å². The Morgan fingerprint density at radius 3 is 0.912 bits per heavy atom. The third kappa shape index (κ3) is 4.12. The number of benzene rings is 1. The van der Waals surface area contributed by atoms with Crippen molar-refractivity contribution in [2.45, 2.75) is 54.5 Å². The van der Waals surface area contributed by atoms with Crippen molar-refractivity contribution in [1.29, 1.82) is 0 Å². The summed E-state index contributed by atoms with van der Waals surface area (Å²) in [4.78, 5) is 0. The molecule has 1 N–H and O–H groups in total. The van der Waals surface area contributed by atoms with Crippen LogP contribution in [0.4, 0.5) is 79.0 Å². The summed E-state index contributed by atoms with van der Waals surface area (Å²) < 4.78 is 235. The van der Waals surface area contributed by atoms with Crippen LogP contribution in [0.15, 0.2) is 18.2 Å². The van der Waals surface area contributed by atoms with Gasteiger partial charge in [-0.05, 0) is 23.8 Å². The van der Waals surface area contributed by atoms with Gasteiger partial charge in [-0.15, -0.1) is 0 Å². The zero-order valence-corrected chi connectivity index (χ0v) is 15.2. The summed E-state index contributed by atoms with van der Waals surface area (Å²) in [5, 5.41) is 8.78. The quantitative estimate of drug-likeness (QED) is 0.366. The molecule has 0 aromatic heterocycles. The molecule has 0 radical (unpaired) electrons. The molecule has 0 aliphatic rings. The average molecular weight is 544 g/mol. The van der Waals surface area contributed by atoms with Crippen LogP contribution in [0.25, 0.3) is 0 Å². The van der Waals surface area contributed by atoms with Crippen molar-refractivity contribution in [3.05, 3.63) is 34.9 Å². The fourth-order valence-electron chi connectivity index (χ4n) is 2.26. The van der Waals surface area contributed by atoms with Gasteiger partial charge in [0.15, 0.2) is 0 Å². The van der Waals surface area contributed by atoms with E-state index in [0.717, 1.165) is 0 Å². The van der Waals surface area contributed by atoms with E-state index in [9.17, 15) is 79.0 Å². The highest BCUT2D eigenvalue weighted by Gasteiger charge is 2.83. The Hall–Kier alpha value is -2.08. The van der Waals surface area contributed by atoms with Crippen molar-refractivity contribution < 1.29 is 84.1 Å². The van der Waals surface area contributed by atoms with Gasteiger partial charge in [0.25, 0.3) is 0 Å². The minimum Gasteiger partial charge on any atom is -0.392 e. The van der Waals surface area contributed by atoms with Crippen molar-refractivity contribution in [1.82, 2.24) is 0 Å². The zero-order chi connectivity index (χ0) is 27.6. The molecular weight excluding hydrogens is 538 g/mol. The van der Waals surface area contributed by atoms with E-state index in [4.69, 9.17) is 5.11 Å². The second kappa shape index (κ2) is 7.97. The van der Waals surface area contributed by atoms with Crippen molar-refractivity contribution in [3.63, 3.8) is 0 Å². The Morgan fingerprint density at radius 2 is 0.706 bits per heavy atom. The van der Waals surface area contributed by atoms with Crippen LogP contribution >= 0.6 is 0 Å². The standard InChI is InChI=1S/C15H6F18O/c16-8(17,10(20,21)12(24,25)14(28,29)30)6-1-5(4-34)2-7(3-6)9(18,19)11(22,23)13(26,27)15(31,32)33/h1-3,34H,4H2. The summed E-state index contributed by atoms with van der Waals surface area (Å²) in [6.45, 7) is -1.91. The van der Waals surface area contributed by atoms with Crippen LogP contribution in [0.5, 0.6) is 0 Å². The molecule has 0 aliphatic carbocycles. The van der Waals surface area contributed by atoms with Gasteiger partial charge in [-0.1, -0.05) is 0 Å². The highest BCUT2D eigenvalue weighted by atomic mass is 19.4. The molecule has 1 aromatic rings. The number of rotatable bonds is 7. The van der Waals surface area contributed by atoms with Crippen molar-refractivity contribution >= 4 is 0 Å². The van der Waals surface area contributed by atoms with Gasteiger partial charge in [-0.3, -0.25) is 0 Å². The predicted octanol–water partition coefficient (Wildman–Crippen LogP) is 7.03. The third-order valence-electron chi connectivity index (χ3n) is 4.19. The normalized spacial score (nSPS) is 15.6. The van der Waals surface area contributed by atoms with Crippen LogP contribution in [0, 0.1) is 0 Å². The maximum atomic E-state index is 14.0. The van der Waals surface area contributed by atoms with E-state index in [1.54, 1.807) is 0 Å². The summed E-state index contributed by atoms with van der Waals surface area (Å²) in [7, 11) is 0. The minimum absolute atomic E-state index is 0.667. The maximum Gasteiger partial charge on any atom is 0.460 e. The Bertz CT molecular complexity index is 825. The van der Waals surface area contributed by atoms with E-state index in [1.165, 1.54) is 0 Å². The molecule has 0 saturated heterocycles. The van der Waals surface area contributed by atoms with Gasteiger partial charge in [0.2, 0.25) is 0 Å². The van der Waals surface area contributed by atoms with Crippen LogP contribution in [0.3, 0.4) is 0 Å². The number of hydrogen-bond donors (Lipinski definition) is 1. The Balaban J connectivity index is 3.88. The Kier molecular flexibility index (Phi) is 7.02. The van der Waals surface area contributed by atoms with Gasteiger partial charge in [-0.2, -0.15) is 79.0 Å². The summed E-state index contributed by atoms with van der Waals surface area (Å²) in [6, 6.07) is -2.74. The molecule has 34 heavy (non-hydrogen) atoms. The van der Waals surface area contributed by atoms with Crippen LogP contribution in [-0.2, 0) is 18.5 Å². The van der Waals surface area contributed by atoms with Crippen molar-refractivity contribution in [2.24, 2.45) is 0 Å². The first-order chi connectivity index (χ1) is 14.6. The van der Waals surface area contributed by atoms with Crippen LogP contribution in [-0.4, -0.2) is 41.1 Å². The molecule has 0 aliphatic heterocycles. The molecule has 0 unspecified atom stereocenters. The molecule has 1 aromatic carbocycles. The fraction of sp³-hybridized carbons (Fsp3) is 0.600. The molecule has 0 fully saturated rings. The van der Waals surface area contributed by atoms with E-state index < -0.39 is 89.4 Å². The number of aliphatic hydroxyl groups excluding tert-OH is 1. The first kappa shape index (κ1) is 30.0. The van der Waals surface area contributed by atoms with E-state index >= 15 is 0 Å². The van der Waals surface area contributed by atoms with E-state index in [2.05, 4.69) is 0 Å². The fourth-order valence-corrected chi connectivity index (χ4v) is 2.26. The molecule has 0 saturated carbocycles. The minimum atomic E-state index is -7.60. The van der Waals surface area contributed by atoms with Gasteiger partial charge in [-0.25, -0.2) is 0 Å². The molecular formula is C15H6F18O. The zero-order valence-electron chi connectivity index (χ0n) is 15.2. The van der Waals surface area contributed by atoms with Gasteiger partial charge in [0, 0.05) is 11.1 Å². The van der Waals surface area contributed by atoms with Crippen LogP contribution < -0.4 is 0 Å². The molecule has 0 amide bonds. The lowest BCUT2D eigenvalue weighted by molar-refractivity contribution is -0.400. The largest absolute Gasteiger partial charge is 0.460 e. The summed E-state index contributed by atoms with van der Waals surface area (Å²) >= 11 is 0. The topological polar surface area (TPSA) is 20.2 Å². The maximum absolute atomic E-state index is 14.0. The van der Waals surface area contributed by atoms with Crippen LogP contribution in [0.1, 0.15) is 16.7 Å². The van der Waals surface area contributed by atoms with E-state index in [-0.39, 0.29) is 0 Å². The Labute approximate surface area is 174 Å². The third-order valence-corrected chi connectivity index (χ3v) is 4.19. The van der Waals surface area contributed by atoms with E-state index in [0.29, 0.717) is 0 Å². The number of alkyl halides is 18. The highest BCUT2D eigenvalue weighted by Crippen LogP contribution is 2.59. The smallest absolute Gasteiger partial charge is 0.392 e. The number of halogens is 18. The molecule has 1 rings (SSSR count). The Morgan fingerprint density at radius 1 is 0.441 bits per heavy atom. The summed E-state index contributed by atoms with van der Waals surface area (Å²) in [5.74, 6) is -44.1. The van der Waals surface area contributed by atoms with E-state index in [1.807, 2.05) is 0 Å². The SMILES string of the molecule is OCc1cc(C(F)(F)C(F)(F)C(F)(F)C(F)(F)F)cc(C(F)(F)C(F)(F)C(F)(F)C(F)(F)F)c1. The number of aliphatic hydroxyl groups is 1. The highest BCUT2D eigenvalue weighted by molar-refractivity contribution is 5.38. The second-order valence-corrected chi connectivity index (χ2v) is 6.52.